The molecule has 0 unspecified atom stereocenters. The highest BCUT2D eigenvalue weighted by Crippen LogP contribution is 2.33. The van der Waals surface area contributed by atoms with Gasteiger partial charge in [-0.3, -0.25) is 14.4 Å². The lowest BCUT2D eigenvalue weighted by atomic mass is 10.1. The second kappa shape index (κ2) is 13.3. The van der Waals surface area contributed by atoms with Gasteiger partial charge in [0.2, 0.25) is 18.6 Å². The highest BCUT2D eigenvalue weighted by Gasteiger charge is 2.24. The quantitative estimate of drug-likeness (QED) is 0.244. The van der Waals surface area contributed by atoms with Crippen LogP contribution in [0.5, 0.6) is 23.0 Å². The number of carbonyl (C=O) groups is 3. The van der Waals surface area contributed by atoms with Gasteiger partial charge in [-0.05, 0) is 78.7 Å². The van der Waals surface area contributed by atoms with Gasteiger partial charge in [-0.2, -0.15) is 0 Å². The van der Waals surface area contributed by atoms with E-state index in [2.05, 4.69) is 10.6 Å². The number of benzene rings is 4. The molecule has 5 rings (SSSR count). The van der Waals surface area contributed by atoms with Gasteiger partial charge in [0, 0.05) is 23.5 Å². The normalized spacial score (nSPS) is 11.5. The van der Waals surface area contributed by atoms with Crippen molar-refractivity contribution in [1.82, 2.24) is 4.90 Å². The van der Waals surface area contributed by atoms with Crippen molar-refractivity contribution >= 4 is 29.1 Å². The molecule has 0 saturated carbocycles. The number of nitrogens with one attached hydrogen (secondary N) is 2. The standard InChI is InChI=1S/C32H29N3O7/c36-17-16-22-6-9-24(10-7-22)33-30(37)19-35(32(39)23-8-15-28-29(18-23)41-21-40-28)20-31(38)34-25-11-13-27(14-12-25)42-26-4-2-1-3-5-26/h1-15,18,36H,16-17,19-21H2,(H,33,37)(H,34,38). The van der Waals surface area contributed by atoms with Crippen molar-refractivity contribution in [3.8, 4) is 23.0 Å². The van der Waals surface area contributed by atoms with Gasteiger partial charge >= 0.3 is 0 Å². The fraction of sp³-hybridized carbons (Fsp3) is 0.156. The van der Waals surface area contributed by atoms with Crippen molar-refractivity contribution in [2.24, 2.45) is 0 Å². The maximum Gasteiger partial charge on any atom is 0.254 e. The molecule has 0 fully saturated rings. The van der Waals surface area contributed by atoms with Crippen LogP contribution >= 0.6 is 0 Å². The molecule has 3 N–H and O–H groups in total. The molecule has 0 aliphatic carbocycles. The molecule has 0 bridgehead atoms. The minimum absolute atomic E-state index is 0.0241. The summed E-state index contributed by atoms with van der Waals surface area (Å²) in [6.45, 7) is -0.675. The van der Waals surface area contributed by atoms with Gasteiger partial charge < -0.3 is 34.9 Å². The largest absolute Gasteiger partial charge is 0.457 e. The molecule has 1 aliphatic rings. The van der Waals surface area contributed by atoms with E-state index in [0.717, 1.165) is 10.5 Å². The van der Waals surface area contributed by atoms with Crippen LogP contribution in [0.1, 0.15) is 15.9 Å². The van der Waals surface area contributed by atoms with Crippen molar-refractivity contribution in [2.45, 2.75) is 6.42 Å². The van der Waals surface area contributed by atoms with Crippen molar-refractivity contribution < 1.29 is 33.7 Å². The molecule has 0 radical (unpaired) electrons. The molecule has 0 spiro atoms. The Kier molecular flexibility index (Phi) is 8.95. The summed E-state index contributed by atoms with van der Waals surface area (Å²) in [5, 5.41) is 14.6. The van der Waals surface area contributed by atoms with Crippen LogP contribution in [0.3, 0.4) is 0 Å². The summed E-state index contributed by atoms with van der Waals surface area (Å²) >= 11 is 0. The van der Waals surface area contributed by atoms with Crippen LogP contribution in [0.15, 0.2) is 97.1 Å². The first-order chi connectivity index (χ1) is 20.5. The second-order valence-corrected chi connectivity index (χ2v) is 9.44. The zero-order valence-electron chi connectivity index (χ0n) is 22.6. The number of hydrogen-bond donors (Lipinski definition) is 3. The fourth-order valence-corrected chi connectivity index (χ4v) is 4.27. The van der Waals surface area contributed by atoms with Crippen molar-refractivity contribution in [3.63, 3.8) is 0 Å². The third kappa shape index (κ3) is 7.43. The zero-order chi connectivity index (χ0) is 29.3. The molecule has 3 amide bonds. The molecule has 0 atom stereocenters. The minimum Gasteiger partial charge on any atom is -0.457 e. The summed E-state index contributed by atoms with van der Waals surface area (Å²) < 4.78 is 16.5. The number of carbonyl (C=O) groups excluding carboxylic acids is 3. The highest BCUT2D eigenvalue weighted by molar-refractivity contribution is 6.03. The molecule has 4 aromatic rings. The number of aliphatic hydroxyl groups is 1. The Labute approximate surface area is 242 Å². The maximum absolute atomic E-state index is 13.5. The first-order valence-corrected chi connectivity index (χ1v) is 13.3. The van der Waals surface area contributed by atoms with Crippen LogP contribution < -0.4 is 24.8 Å². The van der Waals surface area contributed by atoms with Gasteiger partial charge in [0.25, 0.3) is 5.91 Å². The Morgan fingerprint density at radius 1 is 0.738 bits per heavy atom. The molecule has 10 nitrogen and oxygen atoms in total. The zero-order valence-corrected chi connectivity index (χ0v) is 22.6. The molecule has 214 valence electrons. The maximum atomic E-state index is 13.5. The van der Waals surface area contributed by atoms with Crippen LogP contribution in [0, 0.1) is 0 Å². The summed E-state index contributed by atoms with van der Waals surface area (Å²) in [5.41, 5.74) is 2.20. The monoisotopic (exact) mass is 567 g/mol. The summed E-state index contributed by atoms with van der Waals surface area (Å²) in [7, 11) is 0. The molecule has 10 heteroatoms. The van der Waals surface area contributed by atoms with E-state index in [9.17, 15) is 14.4 Å². The first kappa shape index (κ1) is 28.2. The third-order valence-electron chi connectivity index (χ3n) is 6.33. The molecular formula is C32H29N3O7. The van der Waals surface area contributed by atoms with E-state index in [4.69, 9.17) is 19.3 Å². The number of ether oxygens (including phenoxy) is 3. The van der Waals surface area contributed by atoms with E-state index in [1.54, 1.807) is 60.7 Å². The van der Waals surface area contributed by atoms with Gasteiger partial charge in [-0.1, -0.05) is 30.3 Å². The van der Waals surface area contributed by atoms with Crippen molar-refractivity contribution in [3.05, 3.63) is 108 Å². The molecule has 0 saturated heterocycles. The predicted molar refractivity (Wildman–Crippen MR) is 156 cm³/mol. The van der Waals surface area contributed by atoms with E-state index in [0.29, 0.717) is 40.8 Å². The highest BCUT2D eigenvalue weighted by atomic mass is 16.7. The number of anilines is 2. The number of aliphatic hydroxyl groups excluding tert-OH is 1. The average Bonchev–Trinajstić information content (AvgIpc) is 3.47. The number of fused-ring (bicyclic) bond motifs is 1. The summed E-state index contributed by atoms with van der Waals surface area (Å²) in [6.07, 6.45) is 0.504. The Hall–Kier alpha value is -5.35. The molecule has 0 aromatic heterocycles. The van der Waals surface area contributed by atoms with Crippen LogP contribution in [-0.2, 0) is 16.0 Å². The van der Waals surface area contributed by atoms with Gasteiger partial charge in [-0.15, -0.1) is 0 Å². The predicted octanol–water partition coefficient (Wildman–Crippen LogP) is 4.46. The summed E-state index contributed by atoms with van der Waals surface area (Å²) in [4.78, 5) is 40.6. The molecule has 42 heavy (non-hydrogen) atoms. The average molecular weight is 568 g/mol. The molecular weight excluding hydrogens is 538 g/mol. The van der Waals surface area contributed by atoms with Crippen LogP contribution in [0.2, 0.25) is 0 Å². The number of rotatable bonds is 11. The van der Waals surface area contributed by atoms with Crippen LogP contribution in [-0.4, -0.2) is 54.2 Å². The van der Waals surface area contributed by atoms with E-state index < -0.39 is 17.7 Å². The second-order valence-electron chi connectivity index (χ2n) is 9.44. The lowest BCUT2D eigenvalue weighted by Gasteiger charge is -2.22. The molecule has 1 heterocycles. The molecule has 1 aliphatic heterocycles. The van der Waals surface area contributed by atoms with Crippen LogP contribution in [0.25, 0.3) is 0 Å². The number of amides is 3. The SMILES string of the molecule is O=C(CN(CC(=O)Nc1ccc(Oc2ccccc2)cc1)C(=O)c1ccc2c(c1)OCO2)Nc1ccc(CCO)cc1. The number of nitrogens with zero attached hydrogens (tertiary/aromatic N) is 1. The number of hydrogen-bond acceptors (Lipinski definition) is 7. The Balaban J connectivity index is 1.26. The summed E-state index contributed by atoms with van der Waals surface area (Å²) in [5.74, 6) is 0.722. The van der Waals surface area contributed by atoms with Crippen LogP contribution in [0.4, 0.5) is 11.4 Å². The first-order valence-electron chi connectivity index (χ1n) is 13.3. The Morgan fingerprint density at radius 2 is 1.33 bits per heavy atom. The van der Waals surface area contributed by atoms with E-state index in [1.165, 1.54) is 6.07 Å². The van der Waals surface area contributed by atoms with E-state index in [1.807, 2.05) is 30.3 Å². The van der Waals surface area contributed by atoms with Gasteiger partial charge in [0.1, 0.15) is 24.6 Å². The topological polar surface area (TPSA) is 126 Å². The lowest BCUT2D eigenvalue weighted by molar-refractivity contribution is -0.119. The fourth-order valence-electron chi connectivity index (χ4n) is 4.27. The van der Waals surface area contributed by atoms with Gasteiger partial charge in [-0.25, -0.2) is 0 Å². The summed E-state index contributed by atoms with van der Waals surface area (Å²) in [6, 6.07) is 27.8. The number of para-hydroxylation sites is 1. The van der Waals surface area contributed by atoms with Crippen molar-refractivity contribution in [2.75, 3.05) is 37.1 Å². The van der Waals surface area contributed by atoms with Crippen molar-refractivity contribution in [1.29, 1.82) is 0 Å². The minimum atomic E-state index is -0.525. The smallest absolute Gasteiger partial charge is 0.254 e. The third-order valence-corrected chi connectivity index (χ3v) is 6.33. The Bertz CT molecular complexity index is 1540. The molecule has 4 aromatic carbocycles. The van der Waals surface area contributed by atoms with Gasteiger partial charge in [0.05, 0.1) is 0 Å². The van der Waals surface area contributed by atoms with E-state index in [-0.39, 0.29) is 32.1 Å². The lowest BCUT2D eigenvalue weighted by Crippen LogP contribution is -2.42. The van der Waals surface area contributed by atoms with E-state index >= 15 is 0 Å². The Morgan fingerprint density at radius 3 is 1.98 bits per heavy atom. The van der Waals surface area contributed by atoms with Gasteiger partial charge in [0.15, 0.2) is 11.5 Å².